The number of pyridine rings is 1. The number of amides is 1. The van der Waals surface area contributed by atoms with Crippen LogP contribution >= 0.6 is 0 Å². The van der Waals surface area contributed by atoms with Crippen LogP contribution in [0.5, 0.6) is 0 Å². The van der Waals surface area contributed by atoms with Gasteiger partial charge >= 0.3 is 18.3 Å². The highest BCUT2D eigenvalue weighted by molar-refractivity contribution is 6.03. The largest absolute Gasteiger partial charge is 0.466 e. The minimum absolute atomic E-state index is 0.0193. The molecule has 3 aromatic rings. The molecule has 0 spiro atoms. The van der Waals surface area contributed by atoms with Crippen molar-refractivity contribution in [2.45, 2.75) is 64.7 Å². The van der Waals surface area contributed by atoms with Crippen LogP contribution < -0.4 is 9.80 Å². The lowest BCUT2D eigenvalue weighted by atomic mass is 9.81. The molecule has 0 N–H and O–H groups in total. The second-order valence-corrected chi connectivity index (χ2v) is 12.2. The van der Waals surface area contributed by atoms with Crippen LogP contribution in [0.2, 0.25) is 0 Å². The van der Waals surface area contributed by atoms with Gasteiger partial charge in [-0.2, -0.15) is 26.3 Å². The van der Waals surface area contributed by atoms with E-state index >= 15 is 0 Å². The number of hydrogen-bond acceptors (Lipinski definition) is 5. The zero-order chi connectivity index (χ0) is 34.9. The van der Waals surface area contributed by atoms with E-state index in [1.807, 2.05) is 4.90 Å². The minimum Gasteiger partial charge on any atom is -0.466 e. The quantitative estimate of drug-likeness (QED) is 0.179. The van der Waals surface area contributed by atoms with E-state index in [1.165, 1.54) is 45.3 Å². The third-order valence-electron chi connectivity index (χ3n) is 8.56. The number of aryl methyl sites for hydroxylation is 1. The summed E-state index contributed by atoms with van der Waals surface area (Å²) in [5.41, 5.74) is -3.58. The molecule has 0 unspecified atom stereocenters. The molecular formula is C34H36F7N3O3. The van der Waals surface area contributed by atoms with Crippen LogP contribution in [-0.2, 0) is 32.1 Å². The predicted molar refractivity (Wildman–Crippen MR) is 163 cm³/mol. The number of benzene rings is 2. The van der Waals surface area contributed by atoms with Crippen molar-refractivity contribution in [1.82, 2.24) is 4.98 Å². The Morgan fingerprint density at radius 3 is 2.02 bits per heavy atom. The van der Waals surface area contributed by atoms with Gasteiger partial charge in [-0.1, -0.05) is 6.07 Å². The lowest BCUT2D eigenvalue weighted by molar-refractivity contribution is -0.145. The summed E-state index contributed by atoms with van der Waals surface area (Å²) in [5, 5.41) is 0. The number of carbonyl (C=O) groups excluding carboxylic acids is 2. The summed E-state index contributed by atoms with van der Waals surface area (Å²) in [4.78, 5) is 33.7. The molecule has 1 saturated heterocycles. The van der Waals surface area contributed by atoms with Crippen molar-refractivity contribution in [3.05, 3.63) is 76.7 Å². The normalized spacial score (nSPS) is 14.7. The predicted octanol–water partition coefficient (Wildman–Crippen LogP) is 8.34. The molecule has 0 bridgehead atoms. The summed E-state index contributed by atoms with van der Waals surface area (Å²) in [5.74, 6) is -0.836. The summed E-state index contributed by atoms with van der Waals surface area (Å²) in [6, 6.07) is 6.95. The summed E-state index contributed by atoms with van der Waals surface area (Å²) in [6.07, 6.45) is -7.03. The molecule has 4 rings (SSSR count). The number of likely N-dealkylation sites (N-methyl/N-ethyl adjacent to an activating group) is 1. The lowest BCUT2D eigenvalue weighted by Gasteiger charge is -2.34. The van der Waals surface area contributed by atoms with Crippen LogP contribution in [-0.4, -0.2) is 43.6 Å². The zero-order valence-corrected chi connectivity index (χ0v) is 26.7. The van der Waals surface area contributed by atoms with Crippen molar-refractivity contribution in [1.29, 1.82) is 0 Å². The monoisotopic (exact) mass is 667 g/mol. The number of rotatable bonds is 8. The second kappa shape index (κ2) is 13.5. The van der Waals surface area contributed by atoms with Crippen LogP contribution in [0.25, 0.3) is 11.1 Å². The van der Waals surface area contributed by atoms with Gasteiger partial charge in [-0.05, 0) is 99.5 Å². The molecule has 0 radical (unpaired) electrons. The van der Waals surface area contributed by atoms with Gasteiger partial charge in [-0.15, -0.1) is 0 Å². The van der Waals surface area contributed by atoms with Gasteiger partial charge in [0.25, 0.3) is 0 Å². The van der Waals surface area contributed by atoms with Crippen molar-refractivity contribution >= 4 is 23.4 Å². The van der Waals surface area contributed by atoms with Crippen LogP contribution in [0.3, 0.4) is 0 Å². The first-order valence-electron chi connectivity index (χ1n) is 15.1. The molecule has 1 amide bonds. The van der Waals surface area contributed by atoms with Crippen molar-refractivity contribution in [3.63, 3.8) is 0 Å². The molecular weight excluding hydrogens is 631 g/mol. The Morgan fingerprint density at radius 2 is 1.49 bits per heavy atom. The number of esters is 1. The first-order chi connectivity index (χ1) is 21.8. The Kier molecular flexibility index (Phi) is 10.3. The maximum Gasteiger partial charge on any atom is 0.416 e. The molecule has 254 valence electrons. The number of ether oxygens (including phenoxy) is 1. The maximum atomic E-state index is 14.1. The molecule has 1 fully saturated rings. The van der Waals surface area contributed by atoms with E-state index in [1.54, 1.807) is 19.9 Å². The van der Waals surface area contributed by atoms with E-state index < -0.39 is 46.2 Å². The number of alkyl halides is 6. The SMILES string of the molecule is CCOC(=O)CC1CCN(c2cc(-c3ccc(F)cc3C)c(N(C)C(=O)C(C)(C)c3cc(C(F)(F)F)cc(C(F)(F)F)c3)cn2)CC1. The fourth-order valence-corrected chi connectivity index (χ4v) is 5.81. The van der Waals surface area contributed by atoms with E-state index in [4.69, 9.17) is 4.74 Å². The smallest absolute Gasteiger partial charge is 0.416 e. The summed E-state index contributed by atoms with van der Waals surface area (Å²) in [7, 11) is 1.36. The summed E-state index contributed by atoms with van der Waals surface area (Å²) >= 11 is 0. The Balaban J connectivity index is 1.72. The summed E-state index contributed by atoms with van der Waals surface area (Å²) in [6.45, 7) is 7.41. The van der Waals surface area contributed by atoms with E-state index in [9.17, 15) is 40.3 Å². The van der Waals surface area contributed by atoms with Crippen LogP contribution in [0.4, 0.5) is 42.2 Å². The van der Waals surface area contributed by atoms with Gasteiger partial charge in [-0.3, -0.25) is 9.59 Å². The van der Waals surface area contributed by atoms with Gasteiger partial charge < -0.3 is 14.5 Å². The minimum atomic E-state index is -5.08. The van der Waals surface area contributed by atoms with Gasteiger partial charge in [0.1, 0.15) is 11.6 Å². The fraction of sp³-hybridized carbons (Fsp3) is 0.441. The van der Waals surface area contributed by atoms with Crippen LogP contribution in [0.1, 0.15) is 62.3 Å². The molecule has 1 aliphatic rings. The van der Waals surface area contributed by atoms with Gasteiger partial charge in [-0.25, -0.2) is 9.37 Å². The van der Waals surface area contributed by atoms with Crippen molar-refractivity contribution < 1.29 is 45.1 Å². The molecule has 6 nitrogen and oxygen atoms in total. The fourth-order valence-electron chi connectivity index (χ4n) is 5.81. The Morgan fingerprint density at radius 1 is 0.915 bits per heavy atom. The Bertz CT molecular complexity index is 1600. The number of nitrogens with zero attached hydrogens (tertiary/aromatic N) is 3. The molecule has 2 aromatic carbocycles. The number of piperidine rings is 1. The van der Waals surface area contributed by atoms with Crippen molar-refractivity contribution in [2.24, 2.45) is 5.92 Å². The molecule has 13 heteroatoms. The van der Waals surface area contributed by atoms with Crippen molar-refractivity contribution in [3.8, 4) is 11.1 Å². The molecule has 47 heavy (non-hydrogen) atoms. The first kappa shape index (κ1) is 35.7. The highest BCUT2D eigenvalue weighted by atomic mass is 19.4. The Labute approximate surface area is 268 Å². The van der Waals surface area contributed by atoms with E-state index in [2.05, 4.69) is 4.98 Å². The lowest BCUT2D eigenvalue weighted by Crippen LogP contribution is -2.42. The van der Waals surface area contributed by atoms with E-state index in [0.29, 0.717) is 73.6 Å². The molecule has 0 saturated carbocycles. The van der Waals surface area contributed by atoms with Gasteiger partial charge in [0.15, 0.2) is 0 Å². The maximum absolute atomic E-state index is 14.1. The third kappa shape index (κ3) is 8.05. The second-order valence-electron chi connectivity index (χ2n) is 12.2. The topological polar surface area (TPSA) is 62.7 Å². The molecule has 0 atom stereocenters. The highest BCUT2D eigenvalue weighted by Crippen LogP contribution is 2.41. The molecule has 1 aliphatic heterocycles. The van der Waals surface area contributed by atoms with Crippen LogP contribution in [0, 0.1) is 18.7 Å². The standard InChI is InChI=1S/C34H36F7N3O3/c1-6-47-30(45)14-21-9-11-44(12-10-21)29-18-27(26-8-7-25(35)13-20(26)2)28(19-42-29)43(5)31(46)32(3,4)22-15-23(33(36,37)38)17-24(16-22)34(39,40)41/h7-8,13,15-19,21H,6,9-12,14H2,1-5H3. The van der Waals surface area contributed by atoms with Gasteiger partial charge in [0, 0.05) is 32.1 Å². The number of carbonyl (C=O) groups is 2. The third-order valence-corrected chi connectivity index (χ3v) is 8.56. The van der Waals surface area contributed by atoms with E-state index in [0.717, 1.165) is 4.90 Å². The number of hydrogen-bond donors (Lipinski definition) is 0. The van der Waals surface area contributed by atoms with Crippen LogP contribution in [0.15, 0.2) is 48.7 Å². The Hall–Kier alpha value is -4.16. The average molecular weight is 668 g/mol. The molecule has 0 aliphatic carbocycles. The summed E-state index contributed by atoms with van der Waals surface area (Å²) < 4.78 is 101. The first-order valence-corrected chi connectivity index (χ1v) is 15.1. The molecule has 2 heterocycles. The van der Waals surface area contributed by atoms with Gasteiger partial charge in [0.2, 0.25) is 5.91 Å². The van der Waals surface area contributed by atoms with E-state index in [-0.39, 0.29) is 23.6 Å². The van der Waals surface area contributed by atoms with Gasteiger partial charge in [0.05, 0.1) is 35.0 Å². The van der Waals surface area contributed by atoms with Crippen molar-refractivity contribution in [2.75, 3.05) is 36.5 Å². The molecule has 1 aromatic heterocycles. The zero-order valence-electron chi connectivity index (χ0n) is 26.7. The average Bonchev–Trinajstić information content (AvgIpc) is 2.99. The number of aromatic nitrogens is 1. The number of halogens is 7. The number of anilines is 2. The highest BCUT2D eigenvalue weighted by Gasteiger charge is 2.41.